The molecule has 0 aliphatic heterocycles. The Hall–Kier alpha value is -2.75. The maximum atomic E-state index is 17.4. The maximum absolute atomic E-state index is 17.4. The molecule has 3 fully saturated rings. The van der Waals surface area contributed by atoms with Crippen molar-refractivity contribution in [1.29, 1.82) is 0 Å². The minimum atomic E-state index is -1.96. The Morgan fingerprint density at radius 2 is 1.95 bits per heavy atom. The molecule has 2 aromatic rings. The van der Waals surface area contributed by atoms with E-state index in [4.69, 9.17) is 0 Å². The van der Waals surface area contributed by atoms with Crippen LogP contribution in [0.25, 0.3) is 0 Å². The summed E-state index contributed by atoms with van der Waals surface area (Å²) in [5.41, 5.74) is -3.32. The van der Waals surface area contributed by atoms with Crippen LogP contribution in [0.1, 0.15) is 64.1 Å². The van der Waals surface area contributed by atoms with Crippen LogP contribution in [0.2, 0.25) is 0 Å². The summed E-state index contributed by atoms with van der Waals surface area (Å²) < 4.78 is 30.6. The van der Waals surface area contributed by atoms with Gasteiger partial charge in [-0.2, -0.15) is 0 Å². The molecular formula is C32H36F2N2O4S. The number of thiazole rings is 1. The van der Waals surface area contributed by atoms with Crippen LogP contribution in [0.15, 0.2) is 53.4 Å². The summed E-state index contributed by atoms with van der Waals surface area (Å²) in [7, 11) is 0. The van der Waals surface area contributed by atoms with Crippen LogP contribution >= 0.6 is 11.3 Å². The zero-order chi connectivity index (χ0) is 29.4. The van der Waals surface area contributed by atoms with E-state index in [0.29, 0.717) is 36.5 Å². The van der Waals surface area contributed by atoms with Crippen molar-refractivity contribution in [2.45, 2.75) is 76.7 Å². The average Bonchev–Trinajstić information content (AvgIpc) is 3.47. The van der Waals surface area contributed by atoms with E-state index >= 15 is 4.39 Å². The summed E-state index contributed by atoms with van der Waals surface area (Å²) in [4.78, 5) is 29.4. The van der Waals surface area contributed by atoms with Gasteiger partial charge in [0, 0.05) is 28.5 Å². The molecule has 1 aromatic heterocycles. The van der Waals surface area contributed by atoms with E-state index < -0.39 is 34.1 Å². The highest BCUT2D eigenvalue weighted by atomic mass is 32.1. The number of allylic oxidation sites excluding steroid dienone is 4. The molecule has 41 heavy (non-hydrogen) atoms. The number of aryl methyl sites for hydroxylation is 1. The first-order chi connectivity index (χ1) is 19.3. The summed E-state index contributed by atoms with van der Waals surface area (Å²) in [6.07, 6.45) is 5.56. The second-order valence-electron chi connectivity index (χ2n) is 12.9. The number of anilines is 1. The van der Waals surface area contributed by atoms with E-state index in [9.17, 15) is 24.2 Å². The van der Waals surface area contributed by atoms with Crippen molar-refractivity contribution in [1.82, 2.24) is 4.98 Å². The van der Waals surface area contributed by atoms with E-state index in [-0.39, 0.29) is 42.2 Å². The Morgan fingerprint density at radius 3 is 2.68 bits per heavy atom. The third kappa shape index (κ3) is 4.02. The van der Waals surface area contributed by atoms with Crippen LogP contribution in [0.4, 0.5) is 13.9 Å². The number of hydrogen-bond acceptors (Lipinski definition) is 6. The fraction of sp³-hybridized carbons (Fsp3) is 0.531. The van der Waals surface area contributed by atoms with Crippen molar-refractivity contribution in [2.24, 2.45) is 28.6 Å². The number of alkyl halides is 1. The first kappa shape index (κ1) is 28.4. The topological polar surface area (TPSA) is 99.5 Å². The number of benzene rings is 1. The Bertz CT molecular complexity index is 1460. The lowest BCUT2D eigenvalue weighted by Crippen LogP contribution is -2.68. The molecule has 6 rings (SSSR count). The van der Waals surface area contributed by atoms with Gasteiger partial charge in [-0.05, 0) is 80.7 Å². The lowest BCUT2D eigenvalue weighted by Gasteiger charge is -2.62. The van der Waals surface area contributed by atoms with Crippen LogP contribution in [0.5, 0.6) is 0 Å². The lowest BCUT2D eigenvalue weighted by molar-refractivity contribution is -0.223. The molecule has 1 amide bonds. The van der Waals surface area contributed by atoms with Crippen LogP contribution < -0.4 is 5.32 Å². The first-order valence-corrected chi connectivity index (χ1v) is 15.2. The van der Waals surface area contributed by atoms with Crippen molar-refractivity contribution < 1.29 is 28.6 Å². The number of hydrogen-bond donors (Lipinski definition) is 3. The van der Waals surface area contributed by atoms with Crippen LogP contribution in [0.3, 0.4) is 0 Å². The van der Waals surface area contributed by atoms with Crippen LogP contribution in [-0.4, -0.2) is 38.7 Å². The van der Waals surface area contributed by atoms with Gasteiger partial charge in [-0.1, -0.05) is 37.6 Å². The first-order valence-electron chi connectivity index (χ1n) is 14.4. The Morgan fingerprint density at radius 1 is 1.22 bits per heavy atom. The molecule has 6 nitrogen and oxygen atoms in total. The van der Waals surface area contributed by atoms with E-state index in [2.05, 4.69) is 10.3 Å². The highest BCUT2D eigenvalue weighted by Crippen LogP contribution is 2.72. The minimum absolute atomic E-state index is 0.0487. The van der Waals surface area contributed by atoms with Gasteiger partial charge in [0.15, 0.2) is 16.6 Å². The summed E-state index contributed by atoms with van der Waals surface area (Å²) >= 11 is 1.23. The van der Waals surface area contributed by atoms with Gasteiger partial charge < -0.3 is 15.5 Å². The van der Waals surface area contributed by atoms with Gasteiger partial charge in [-0.3, -0.25) is 9.59 Å². The zero-order valence-electron chi connectivity index (χ0n) is 23.5. The molecule has 3 saturated carbocycles. The maximum Gasteiger partial charge on any atom is 0.226 e. The van der Waals surface area contributed by atoms with Crippen molar-refractivity contribution in [3.8, 4) is 0 Å². The third-order valence-electron chi connectivity index (χ3n) is 10.9. The third-order valence-corrected chi connectivity index (χ3v) is 11.7. The van der Waals surface area contributed by atoms with E-state index in [0.717, 1.165) is 11.1 Å². The molecule has 0 saturated heterocycles. The number of halogens is 2. The normalized spacial score (nSPS) is 39.5. The highest BCUT2D eigenvalue weighted by Gasteiger charge is 2.74. The summed E-state index contributed by atoms with van der Waals surface area (Å²) in [6.45, 7) is 5.68. The Balaban J connectivity index is 1.24. The molecule has 8 atom stereocenters. The zero-order valence-corrected chi connectivity index (χ0v) is 24.3. The average molecular weight is 583 g/mol. The molecular weight excluding hydrogens is 546 g/mol. The number of carbonyl (C=O) groups excluding carboxylic acids is 2. The van der Waals surface area contributed by atoms with Gasteiger partial charge in [0.2, 0.25) is 5.91 Å². The smallest absolute Gasteiger partial charge is 0.226 e. The summed E-state index contributed by atoms with van der Waals surface area (Å²) in [6, 6.07) is 6.03. The number of rotatable bonds is 5. The molecule has 4 aliphatic carbocycles. The van der Waals surface area contributed by atoms with Crippen LogP contribution in [0, 0.1) is 34.4 Å². The van der Waals surface area contributed by atoms with Crippen molar-refractivity contribution in [3.05, 3.63) is 70.5 Å². The van der Waals surface area contributed by atoms with E-state index in [1.54, 1.807) is 30.5 Å². The fourth-order valence-electron chi connectivity index (χ4n) is 8.69. The second kappa shape index (κ2) is 9.64. The molecule has 1 heterocycles. The van der Waals surface area contributed by atoms with Gasteiger partial charge in [0.25, 0.3) is 0 Å². The quantitative estimate of drug-likeness (QED) is 0.423. The van der Waals surface area contributed by atoms with Crippen LogP contribution in [-0.2, 0) is 21.6 Å². The standard InChI is InChI=1S/C32H36F2N2O4S/c1-18-14-24-23-10-7-20-15-22(37)12-13-29(20,2)31(23,34)26(38)16-30(24,3)32(18,40)25-17-41-28(35-25)36-27(39)11-6-19-4-8-21(33)9-5-19/h4-5,8-9,12-13,15,17-18,23-24,26,38,40H,6-7,10-11,14,16H2,1-3H3,(H,35,36,39). The van der Waals surface area contributed by atoms with Gasteiger partial charge in [0.1, 0.15) is 11.4 Å². The highest BCUT2D eigenvalue weighted by molar-refractivity contribution is 7.13. The number of carbonyl (C=O) groups is 2. The van der Waals surface area contributed by atoms with Crippen molar-refractivity contribution in [3.63, 3.8) is 0 Å². The number of aliphatic hydroxyl groups is 2. The van der Waals surface area contributed by atoms with Gasteiger partial charge >= 0.3 is 0 Å². The van der Waals surface area contributed by atoms with Gasteiger partial charge in [0.05, 0.1) is 11.8 Å². The molecule has 4 aliphatic rings. The SMILES string of the molecule is CC1CC2C3CCC4=CC(=O)C=CC4(C)C3(F)C(O)CC2(C)C1(O)c1csc(NC(=O)CCc2ccc(F)cc2)n1. The monoisotopic (exact) mass is 582 g/mol. The molecule has 0 radical (unpaired) electrons. The van der Waals surface area contributed by atoms with Gasteiger partial charge in [-0.15, -0.1) is 11.3 Å². The predicted octanol–water partition coefficient (Wildman–Crippen LogP) is 5.66. The second-order valence-corrected chi connectivity index (χ2v) is 13.7. The predicted molar refractivity (Wildman–Crippen MR) is 152 cm³/mol. The molecule has 3 N–H and O–H groups in total. The Labute approximate surface area is 242 Å². The molecule has 8 unspecified atom stereocenters. The number of aromatic nitrogens is 1. The van der Waals surface area contributed by atoms with Crippen molar-refractivity contribution >= 4 is 28.2 Å². The number of aliphatic hydroxyl groups excluding tert-OH is 1. The molecule has 9 heteroatoms. The summed E-state index contributed by atoms with van der Waals surface area (Å²) in [5, 5.41) is 28.9. The number of ketones is 1. The number of nitrogens with zero attached hydrogens (tertiary/aromatic N) is 1. The van der Waals surface area contributed by atoms with Gasteiger partial charge in [-0.25, -0.2) is 13.8 Å². The van der Waals surface area contributed by atoms with E-state index in [1.165, 1.54) is 35.6 Å². The number of nitrogens with one attached hydrogen (secondary N) is 1. The number of fused-ring (bicyclic) bond motifs is 5. The Kier molecular flexibility index (Phi) is 6.67. The fourth-order valence-corrected chi connectivity index (χ4v) is 9.47. The molecule has 0 spiro atoms. The van der Waals surface area contributed by atoms with E-state index in [1.807, 2.05) is 13.8 Å². The largest absolute Gasteiger partial charge is 0.390 e. The molecule has 1 aromatic carbocycles. The minimum Gasteiger partial charge on any atom is -0.390 e. The summed E-state index contributed by atoms with van der Waals surface area (Å²) in [5.74, 6) is -1.69. The number of amides is 1. The molecule has 0 bridgehead atoms. The lowest BCUT2D eigenvalue weighted by atomic mass is 9.44. The van der Waals surface area contributed by atoms with Crippen molar-refractivity contribution in [2.75, 3.05) is 5.32 Å². The molecule has 218 valence electrons.